The van der Waals surface area contributed by atoms with E-state index in [9.17, 15) is 4.79 Å². The van der Waals surface area contributed by atoms with E-state index < -0.39 is 5.41 Å². The molecule has 0 unspecified atom stereocenters. The summed E-state index contributed by atoms with van der Waals surface area (Å²) in [6.07, 6.45) is 0. The van der Waals surface area contributed by atoms with Gasteiger partial charge in [0.1, 0.15) is 0 Å². The van der Waals surface area contributed by atoms with Crippen LogP contribution in [-0.2, 0) is 4.79 Å². The number of ketones is 1. The van der Waals surface area contributed by atoms with E-state index in [0.29, 0.717) is 5.33 Å². The van der Waals surface area contributed by atoms with Crippen LogP contribution in [0.15, 0.2) is 0 Å². The molecule has 0 saturated heterocycles. The highest BCUT2D eigenvalue weighted by Gasteiger charge is 2.29. The summed E-state index contributed by atoms with van der Waals surface area (Å²) in [5.74, 6) is 0.611. The molecule has 10 heavy (non-hydrogen) atoms. The molecule has 0 radical (unpaired) electrons. The van der Waals surface area contributed by atoms with Gasteiger partial charge >= 0.3 is 0 Å². The first-order chi connectivity index (χ1) is 4.60. The molecule has 0 rings (SSSR count). The van der Waals surface area contributed by atoms with Crippen molar-refractivity contribution >= 4 is 44.9 Å². The van der Waals surface area contributed by atoms with Crippen molar-refractivity contribution in [1.29, 1.82) is 0 Å². The molecule has 0 spiro atoms. The van der Waals surface area contributed by atoms with Gasteiger partial charge in [0.05, 0.1) is 10.7 Å². The Labute approximate surface area is 79.2 Å². The maximum absolute atomic E-state index is 11.1. The lowest BCUT2D eigenvalue weighted by atomic mass is 9.91. The lowest BCUT2D eigenvalue weighted by Crippen LogP contribution is -2.32. The zero-order valence-electron chi connectivity index (χ0n) is 5.66. The highest BCUT2D eigenvalue weighted by molar-refractivity contribution is 9.09. The largest absolute Gasteiger partial charge is 0.298 e. The smallest absolute Gasteiger partial charge is 0.151 e. The number of halogens is 3. The molecule has 0 heterocycles. The van der Waals surface area contributed by atoms with E-state index in [2.05, 4.69) is 15.9 Å². The Morgan fingerprint density at radius 1 is 1.50 bits per heavy atom. The quantitative estimate of drug-likeness (QED) is 0.698. The molecule has 0 N–H and O–H groups in total. The molecule has 0 bridgehead atoms. The number of carbonyl (C=O) groups excluding carboxylic acids is 1. The number of hydrogen-bond acceptors (Lipinski definition) is 1. The van der Waals surface area contributed by atoms with Gasteiger partial charge in [0.2, 0.25) is 0 Å². The van der Waals surface area contributed by atoms with Gasteiger partial charge in [0, 0.05) is 11.8 Å². The number of rotatable bonds is 4. The van der Waals surface area contributed by atoms with Crippen molar-refractivity contribution in [3.8, 4) is 0 Å². The van der Waals surface area contributed by atoms with Gasteiger partial charge in [-0.05, 0) is 0 Å². The summed E-state index contributed by atoms with van der Waals surface area (Å²) in [5, 5.41) is 0.322. The number of hydrogen-bond donors (Lipinski definition) is 0. The van der Waals surface area contributed by atoms with Crippen molar-refractivity contribution in [3.05, 3.63) is 0 Å². The first-order valence-corrected chi connectivity index (χ1v) is 5.01. The zero-order valence-corrected chi connectivity index (χ0v) is 8.76. The molecule has 60 valence electrons. The highest BCUT2D eigenvalue weighted by atomic mass is 79.9. The van der Waals surface area contributed by atoms with Crippen LogP contribution in [0.2, 0.25) is 0 Å². The first-order valence-electron chi connectivity index (χ1n) is 2.82. The molecule has 0 amide bonds. The van der Waals surface area contributed by atoms with Crippen LogP contribution in [-0.4, -0.2) is 22.9 Å². The average molecular weight is 248 g/mol. The Morgan fingerprint density at radius 3 is 2.00 bits per heavy atom. The highest BCUT2D eigenvalue weighted by Crippen LogP contribution is 2.22. The fraction of sp³-hybridized carbons (Fsp3) is 0.833. The second-order valence-electron chi connectivity index (χ2n) is 2.38. The van der Waals surface area contributed by atoms with Gasteiger partial charge in [0.25, 0.3) is 0 Å². The van der Waals surface area contributed by atoms with E-state index in [1.165, 1.54) is 0 Å². The Kier molecular flexibility index (Phi) is 4.91. The van der Waals surface area contributed by atoms with Gasteiger partial charge in [-0.1, -0.05) is 22.9 Å². The van der Waals surface area contributed by atoms with Crippen LogP contribution in [0, 0.1) is 5.41 Å². The predicted octanol–water partition coefficient (Wildman–Crippen LogP) is 2.43. The third kappa shape index (κ3) is 2.40. The van der Waals surface area contributed by atoms with Crippen LogP contribution in [0.25, 0.3) is 0 Å². The summed E-state index contributed by atoms with van der Waals surface area (Å²) in [6, 6.07) is 0. The maximum Gasteiger partial charge on any atom is 0.151 e. The Hall–Kier alpha value is 0.730. The molecule has 0 aromatic carbocycles. The van der Waals surface area contributed by atoms with Crippen molar-refractivity contribution < 1.29 is 4.79 Å². The van der Waals surface area contributed by atoms with Gasteiger partial charge in [-0.3, -0.25) is 4.79 Å². The van der Waals surface area contributed by atoms with E-state index in [1.54, 1.807) is 6.92 Å². The van der Waals surface area contributed by atoms with Crippen molar-refractivity contribution in [3.63, 3.8) is 0 Å². The Bertz CT molecular complexity index is 123. The summed E-state index contributed by atoms with van der Waals surface area (Å²) in [5.41, 5.74) is -0.563. The predicted molar refractivity (Wildman–Crippen MR) is 48.3 cm³/mol. The normalized spacial score (nSPS) is 11.6. The number of Topliss-reactive ketones (excluding diaryl/α,β-unsaturated/α-hetero) is 1. The maximum atomic E-state index is 11.1. The van der Waals surface area contributed by atoms with Gasteiger partial charge in [-0.15, -0.1) is 23.2 Å². The summed E-state index contributed by atoms with van der Waals surface area (Å²) in [4.78, 5) is 11.1. The van der Waals surface area contributed by atoms with E-state index in [0.717, 1.165) is 0 Å². The minimum absolute atomic E-state index is 0.0532. The van der Waals surface area contributed by atoms with Crippen molar-refractivity contribution in [2.45, 2.75) is 6.92 Å². The fourth-order valence-electron chi connectivity index (χ4n) is 0.346. The summed E-state index contributed by atoms with van der Waals surface area (Å²) < 4.78 is 0. The average Bonchev–Trinajstić information content (AvgIpc) is 2.01. The third-order valence-electron chi connectivity index (χ3n) is 1.38. The molecule has 0 fully saturated rings. The number of alkyl halides is 3. The lowest BCUT2D eigenvalue weighted by molar-refractivity contribution is -0.123. The first kappa shape index (κ1) is 10.7. The summed E-state index contributed by atoms with van der Waals surface area (Å²) >= 11 is 14.2. The van der Waals surface area contributed by atoms with E-state index in [-0.39, 0.29) is 17.5 Å². The van der Waals surface area contributed by atoms with Gasteiger partial charge in [-0.2, -0.15) is 0 Å². The molecule has 0 aromatic heterocycles. The Morgan fingerprint density at radius 2 is 1.90 bits per heavy atom. The molecule has 4 heteroatoms. The molecule has 0 atom stereocenters. The minimum atomic E-state index is -0.563. The molecule has 0 aromatic rings. The second kappa shape index (κ2) is 4.58. The molecular weight excluding hydrogens is 239 g/mol. The van der Waals surface area contributed by atoms with Crippen molar-refractivity contribution in [2.24, 2.45) is 5.41 Å². The van der Waals surface area contributed by atoms with Gasteiger partial charge in [0.15, 0.2) is 5.78 Å². The minimum Gasteiger partial charge on any atom is -0.298 e. The monoisotopic (exact) mass is 246 g/mol. The van der Waals surface area contributed by atoms with Gasteiger partial charge in [-0.25, -0.2) is 0 Å². The van der Waals surface area contributed by atoms with Crippen LogP contribution in [0.3, 0.4) is 0 Å². The second-order valence-corrected chi connectivity index (χ2v) is 3.48. The summed E-state index contributed by atoms with van der Waals surface area (Å²) in [7, 11) is 0. The topological polar surface area (TPSA) is 17.1 Å². The zero-order chi connectivity index (χ0) is 8.20. The molecule has 0 aliphatic rings. The van der Waals surface area contributed by atoms with E-state index >= 15 is 0 Å². The van der Waals surface area contributed by atoms with Crippen LogP contribution < -0.4 is 0 Å². The van der Waals surface area contributed by atoms with Gasteiger partial charge < -0.3 is 0 Å². The van der Waals surface area contributed by atoms with E-state index in [1.807, 2.05) is 0 Å². The fourth-order valence-corrected chi connectivity index (χ4v) is 1.61. The van der Waals surface area contributed by atoms with Crippen LogP contribution >= 0.6 is 39.1 Å². The molecule has 0 aliphatic heterocycles. The summed E-state index contributed by atoms with van der Waals surface area (Å²) in [6.45, 7) is 1.76. The molecular formula is C6H9BrCl2O. The third-order valence-corrected chi connectivity index (χ3v) is 3.07. The molecule has 0 saturated carbocycles. The van der Waals surface area contributed by atoms with Crippen molar-refractivity contribution in [2.75, 3.05) is 17.1 Å². The standard InChI is InChI=1S/C6H9BrCl2O/c1-6(3-8,4-9)5(10)2-7/h2-4H2,1H3. The number of carbonyl (C=O) groups is 1. The lowest BCUT2D eigenvalue weighted by Gasteiger charge is -2.20. The van der Waals surface area contributed by atoms with Crippen molar-refractivity contribution in [1.82, 2.24) is 0 Å². The Balaban J connectivity index is 4.17. The van der Waals surface area contributed by atoms with Crippen LogP contribution in [0.1, 0.15) is 6.92 Å². The van der Waals surface area contributed by atoms with Crippen LogP contribution in [0.5, 0.6) is 0 Å². The molecule has 1 nitrogen and oxygen atoms in total. The molecule has 0 aliphatic carbocycles. The van der Waals surface area contributed by atoms with Crippen LogP contribution in [0.4, 0.5) is 0 Å². The SMILES string of the molecule is CC(CCl)(CCl)C(=O)CBr. The van der Waals surface area contributed by atoms with E-state index in [4.69, 9.17) is 23.2 Å².